The summed E-state index contributed by atoms with van der Waals surface area (Å²) in [5, 5.41) is 11.8. The summed E-state index contributed by atoms with van der Waals surface area (Å²) in [4.78, 5) is 14.8. The third kappa shape index (κ3) is 5.68. The first-order valence-electron chi connectivity index (χ1n) is 11.4. The quantitative estimate of drug-likeness (QED) is 0.407. The fourth-order valence-electron chi connectivity index (χ4n) is 3.93. The molecule has 1 fully saturated rings. The van der Waals surface area contributed by atoms with Crippen LogP contribution in [0.15, 0.2) is 53.7 Å². The van der Waals surface area contributed by atoms with Crippen LogP contribution in [0.3, 0.4) is 0 Å². The first-order valence-corrected chi connectivity index (χ1v) is 12.4. The van der Waals surface area contributed by atoms with Gasteiger partial charge in [-0.3, -0.25) is 4.79 Å². The maximum atomic E-state index is 12.5. The van der Waals surface area contributed by atoms with Gasteiger partial charge in [-0.15, -0.1) is 10.2 Å². The summed E-state index contributed by atoms with van der Waals surface area (Å²) in [7, 11) is 0. The Morgan fingerprint density at radius 1 is 1.00 bits per heavy atom. The molecule has 2 heterocycles. The number of nitrogens with two attached hydrogens (primary N) is 1. The van der Waals surface area contributed by atoms with Crippen LogP contribution in [0.4, 0.5) is 11.4 Å². The summed E-state index contributed by atoms with van der Waals surface area (Å²) in [6.45, 7) is 8.73. The average molecular weight is 465 g/mol. The van der Waals surface area contributed by atoms with Crippen molar-refractivity contribution in [1.82, 2.24) is 14.9 Å². The number of aromatic nitrogens is 3. The van der Waals surface area contributed by atoms with E-state index >= 15 is 0 Å². The van der Waals surface area contributed by atoms with Gasteiger partial charge >= 0.3 is 0 Å². The molecule has 0 radical (unpaired) electrons. The number of carbonyl (C=O) groups excluding carboxylic acids is 1. The highest BCUT2D eigenvalue weighted by Crippen LogP contribution is 2.27. The molecule has 0 unspecified atom stereocenters. The number of hydrogen-bond donors (Lipinski definition) is 2. The molecule has 1 amide bonds. The molecule has 3 aromatic rings. The fourth-order valence-corrected chi connectivity index (χ4v) is 4.58. The minimum atomic E-state index is -0.107. The Morgan fingerprint density at radius 2 is 1.67 bits per heavy atom. The number of anilines is 2. The molecule has 2 aromatic carbocycles. The van der Waals surface area contributed by atoms with Gasteiger partial charge in [-0.25, -0.2) is 4.68 Å². The zero-order chi connectivity index (χ0) is 23.4. The summed E-state index contributed by atoms with van der Waals surface area (Å²) >= 11 is 1.27. The minimum absolute atomic E-state index is 0.0805. The van der Waals surface area contributed by atoms with Crippen LogP contribution in [0.5, 0.6) is 0 Å². The summed E-state index contributed by atoms with van der Waals surface area (Å²) in [5.41, 5.74) is 4.21. The Bertz CT molecular complexity index is 1080. The fraction of sp³-hybridized carbons (Fsp3) is 0.400. The number of piperidine rings is 1. The maximum Gasteiger partial charge on any atom is 0.234 e. The van der Waals surface area contributed by atoms with Gasteiger partial charge in [0.25, 0.3) is 0 Å². The van der Waals surface area contributed by atoms with Crippen molar-refractivity contribution >= 4 is 29.0 Å². The second-order valence-corrected chi connectivity index (χ2v) is 10.4. The first-order chi connectivity index (χ1) is 15.8. The predicted molar refractivity (Wildman–Crippen MR) is 136 cm³/mol. The summed E-state index contributed by atoms with van der Waals surface area (Å²) < 4.78 is 1.44. The Labute approximate surface area is 199 Å². The average Bonchev–Trinajstić information content (AvgIpc) is 3.18. The van der Waals surface area contributed by atoms with Crippen molar-refractivity contribution in [1.29, 1.82) is 0 Å². The van der Waals surface area contributed by atoms with Crippen LogP contribution in [-0.2, 0) is 10.2 Å². The van der Waals surface area contributed by atoms with Crippen LogP contribution < -0.4 is 16.1 Å². The van der Waals surface area contributed by atoms with Crippen LogP contribution >= 0.6 is 11.8 Å². The second kappa shape index (κ2) is 9.87. The van der Waals surface area contributed by atoms with Crippen LogP contribution in [0.25, 0.3) is 11.4 Å². The molecule has 1 saturated heterocycles. The minimum Gasteiger partial charge on any atom is -0.372 e. The van der Waals surface area contributed by atoms with Crippen molar-refractivity contribution in [2.45, 2.75) is 50.6 Å². The van der Waals surface area contributed by atoms with E-state index in [2.05, 4.69) is 65.5 Å². The molecule has 7 nitrogen and oxygen atoms in total. The van der Waals surface area contributed by atoms with Crippen molar-refractivity contribution in [3.8, 4) is 11.4 Å². The number of amides is 1. The molecule has 0 bridgehead atoms. The van der Waals surface area contributed by atoms with Gasteiger partial charge in [0.1, 0.15) is 0 Å². The number of rotatable bonds is 6. The van der Waals surface area contributed by atoms with Gasteiger partial charge in [0.05, 0.1) is 5.75 Å². The van der Waals surface area contributed by atoms with Crippen molar-refractivity contribution in [2.75, 3.05) is 34.9 Å². The number of benzene rings is 2. The molecule has 1 aromatic heterocycles. The molecule has 0 aliphatic carbocycles. The van der Waals surface area contributed by atoms with Gasteiger partial charge < -0.3 is 16.1 Å². The molecule has 0 saturated carbocycles. The number of nitrogens with one attached hydrogen (secondary N) is 1. The van der Waals surface area contributed by atoms with Gasteiger partial charge in [-0.2, -0.15) is 0 Å². The number of nitrogens with zero attached hydrogens (tertiary/aromatic N) is 4. The van der Waals surface area contributed by atoms with E-state index in [0.717, 1.165) is 24.3 Å². The lowest BCUT2D eigenvalue weighted by molar-refractivity contribution is -0.113. The van der Waals surface area contributed by atoms with Crippen molar-refractivity contribution in [3.05, 3.63) is 54.1 Å². The van der Waals surface area contributed by atoms with E-state index in [9.17, 15) is 4.79 Å². The zero-order valence-corrected chi connectivity index (χ0v) is 20.4. The lowest BCUT2D eigenvalue weighted by Crippen LogP contribution is -2.29. The number of carbonyl (C=O) groups is 1. The molecular formula is C25H32N6OS. The third-order valence-corrected chi connectivity index (χ3v) is 6.82. The van der Waals surface area contributed by atoms with E-state index < -0.39 is 0 Å². The van der Waals surface area contributed by atoms with E-state index in [1.54, 1.807) is 0 Å². The first kappa shape index (κ1) is 23.2. The predicted octanol–water partition coefficient (Wildman–Crippen LogP) is 4.68. The van der Waals surface area contributed by atoms with Gasteiger partial charge in [0.15, 0.2) is 5.82 Å². The molecule has 33 heavy (non-hydrogen) atoms. The summed E-state index contributed by atoms with van der Waals surface area (Å²) in [6.07, 6.45) is 3.79. The van der Waals surface area contributed by atoms with Crippen molar-refractivity contribution in [2.24, 2.45) is 0 Å². The Hall–Kier alpha value is -3.00. The third-order valence-electron chi connectivity index (χ3n) is 5.88. The maximum absolute atomic E-state index is 12.5. The standard InChI is InChI=1S/C25H32N6OS/c1-25(2,3)19-9-7-18(8-10-19)23-28-29-24(31(23)26)33-17-22(32)27-20-11-13-21(14-12-20)30-15-5-4-6-16-30/h7-14H,4-6,15-17,26H2,1-3H3,(H,27,32). The molecule has 4 rings (SSSR count). The number of thioether (sulfide) groups is 1. The van der Waals surface area contributed by atoms with Crippen LogP contribution in [-0.4, -0.2) is 39.6 Å². The highest BCUT2D eigenvalue weighted by atomic mass is 32.2. The van der Waals surface area contributed by atoms with Gasteiger partial charge in [-0.05, 0) is 54.5 Å². The highest BCUT2D eigenvalue weighted by molar-refractivity contribution is 7.99. The summed E-state index contributed by atoms with van der Waals surface area (Å²) in [6, 6.07) is 16.2. The molecule has 0 spiro atoms. The van der Waals surface area contributed by atoms with Gasteiger partial charge in [0, 0.05) is 30.0 Å². The molecule has 1 aliphatic rings. The van der Waals surface area contributed by atoms with Crippen molar-refractivity contribution < 1.29 is 4.79 Å². The van der Waals surface area contributed by atoms with Crippen LogP contribution in [0.2, 0.25) is 0 Å². The molecule has 3 N–H and O–H groups in total. The lowest BCUT2D eigenvalue weighted by atomic mass is 9.87. The largest absolute Gasteiger partial charge is 0.372 e. The van der Waals surface area contributed by atoms with Crippen LogP contribution in [0, 0.1) is 0 Å². The normalized spacial score (nSPS) is 14.3. The smallest absolute Gasteiger partial charge is 0.234 e. The zero-order valence-electron chi connectivity index (χ0n) is 19.5. The van der Waals surface area contributed by atoms with E-state index in [0.29, 0.717) is 11.0 Å². The van der Waals surface area contributed by atoms with E-state index in [4.69, 9.17) is 5.84 Å². The Kier molecular flexibility index (Phi) is 6.93. The SMILES string of the molecule is CC(C)(C)c1ccc(-c2nnc(SCC(=O)Nc3ccc(N4CCCCC4)cc3)n2N)cc1. The van der Waals surface area contributed by atoms with E-state index in [1.807, 2.05) is 24.3 Å². The molecule has 174 valence electrons. The molecule has 1 aliphatic heterocycles. The Morgan fingerprint density at radius 3 is 2.30 bits per heavy atom. The number of nitrogen functional groups attached to an aromatic ring is 1. The molecule has 8 heteroatoms. The van der Waals surface area contributed by atoms with Gasteiger partial charge in [-0.1, -0.05) is 56.8 Å². The Balaban J connectivity index is 1.33. The second-order valence-electron chi connectivity index (χ2n) is 9.43. The van der Waals surface area contributed by atoms with E-state index in [1.165, 1.54) is 47.0 Å². The molecule has 0 atom stereocenters. The van der Waals surface area contributed by atoms with Crippen molar-refractivity contribution in [3.63, 3.8) is 0 Å². The monoisotopic (exact) mass is 464 g/mol. The topological polar surface area (TPSA) is 89.1 Å². The van der Waals surface area contributed by atoms with Crippen LogP contribution in [0.1, 0.15) is 45.6 Å². The summed E-state index contributed by atoms with van der Waals surface area (Å²) in [5.74, 6) is 6.89. The highest BCUT2D eigenvalue weighted by Gasteiger charge is 2.17. The van der Waals surface area contributed by atoms with E-state index in [-0.39, 0.29) is 17.1 Å². The van der Waals surface area contributed by atoms with Gasteiger partial charge in [0.2, 0.25) is 11.1 Å². The lowest BCUT2D eigenvalue weighted by Gasteiger charge is -2.28. The molecular weight excluding hydrogens is 432 g/mol. The number of hydrogen-bond acceptors (Lipinski definition) is 6.